The van der Waals surface area contributed by atoms with Crippen molar-refractivity contribution in [1.82, 2.24) is 0 Å². The van der Waals surface area contributed by atoms with Crippen LogP contribution in [0.15, 0.2) is 115 Å². The lowest BCUT2D eigenvalue weighted by Gasteiger charge is -2.25. The van der Waals surface area contributed by atoms with E-state index in [9.17, 15) is 0 Å². The molecule has 12 rings (SSSR count). The molecule has 0 spiro atoms. The molecule has 242 valence electrons. The van der Waals surface area contributed by atoms with E-state index in [0.717, 1.165) is 12.8 Å². The average molecular weight is 651 g/mol. The highest BCUT2D eigenvalue weighted by Gasteiger charge is 2.38. The van der Waals surface area contributed by atoms with Gasteiger partial charge in [-0.05, 0) is 163 Å². The minimum absolute atomic E-state index is 0.0183. The van der Waals surface area contributed by atoms with Gasteiger partial charge in [0.15, 0.2) is 0 Å². The number of fused-ring (bicyclic) bond motifs is 6. The molecule has 0 heteroatoms. The monoisotopic (exact) mass is 650 g/mol. The van der Waals surface area contributed by atoms with E-state index in [1.807, 2.05) is 0 Å². The fraction of sp³-hybridized carbons (Fsp3) is 0.176. The Morgan fingerprint density at radius 2 is 1.08 bits per heavy atom. The number of hydrogen-bond donors (Lipinski definition) is 0. The fourth-order valence-electron chi connectivity index (χ4n) is 10.6. The van der Waals surface area contributed by atoms with E-state index in [1.54, 1.807) is 0 Å². The topological polar surface area (TPSA) is 0 Å². The van der Waals surface area contributed by atoms with E-state index >= 15 is 0 Å². The zero-order valence-electron chi connectivity index (χ0n) is 29.9. The summed E-state index contributed by atoms with van der Waals surface area (Å²) in [6.07, 6.45) is 2.22. The van der Waals surface area contributed by atoms with Crippen LogP contribution in [0.25, 0.3) is 98.4 Å². The van der Waals surface area contributed by atoms with E-state index in [2.05, 4.69) is 150 Å². The number of rotatable bonds is 1. The molecule has 0 heterocycles. The van der Waals surface area contributed by atoms with Crippen molar-refractivity contribution in [2.24, 2.45) is 0 Å². The van der Waals surface area contributed by atoms with E-state index in [-0.39, 0.29) is 10.8 Å². The molecule has 0 fully saturated rings. The van der Waals surface area contributed by atoms with Crippen LogP contribution in [0.5, 0.6) is 0 Å². The van der Waals surface area contributed by atoms with E-state index in [0.29, 0.717) is 0 Å². The minimum Gasteiger partial charge on any atom is -0.0619 e. The van der Waals surface area contributed by atoms with Crippen LogP contribution < -0.4 is 0 Å². The van der Waals surface area contributed by atoms with Crippen molar-refractivity contribution < 1.29 is 0 Å². The van der Waals surface area contributed by atoms with Crippen LogP contribution in [0.4, 0.5) is 0 Å². The highest BCUT2D eigenvalue weighted by molar-refractivity contribution is 6.34. The van der Waals surface area contributed by atoms with Crippen molar-refractivity contribution in [3.63, 3.8) is 0 Å². The summed E-state index contributed by atoms with van der Waals surface area (Å²) in [5, 5.41) is 14.0. The Morgan fingerprint density at radius 1 is 0.412 bits per heavy atom. The largest absolute Gasteiger partial charge is 0.0619 e. The van der Waals surface area contributed by atoms with Crippen LogP contribution in [0.3, 0.4) is 0 Å². The Balaban J connectivity index is 1.12. The maximum atomic E-state index is 2.53. The lowest BCUT2D eigenvalue weighted by molar-refractivity contribution is 0.590. The van der Waals surface area contributed by atoms with Gasteiger partial charge in [0, 0.05) is 5.41 Å². The van der Waals surface area contributed by atoms with Crippen molar-refractivity contribution in [1.29, 1.82) is 0 Å². The van der Waals surface area contributed by atoms with Crippen LogP contribution in [-0.2, 0) is 23.7 Å². The van der Waals surface area contributed by atoms with Gasteiger partial charge >= 0.3 is 0 Å². The molecule has 0 aliphatic heterocycles. The SMILES string of the molecule is CC(C)(C)c1cc2c3c(ccc4c(-c5ccc6cc7c8c(ccc9ccc5c6c98)-c5cc6c(cc5-7)-c5ccccc5C6(C)C)ccc(c43)CC2)c1. The average Bonchev–Trinajstić information content (AvgIpc) is 3.57. The Labute approximate surface area is 298 Å². The normalized spacial score (nSPS) is 15.2. The predicted octanol–water partition coefficient (Wildman–Crippen LogP) is 13.9. The molecule has 9 aromatic carbocycles. The van der Waals surface area contributed by atoms with Crippen LogP contribution >= 0.6 is 0 Å². The molecule has 0 unspecified atom stereocenters. The van der Waals surface area contributed by atoms with Gasteiger partial charge in [-0.25, -0.2) is 0 Å². The van der Waals surface area contributed by atoms with Crippen molar-refractivity contribution >= 4 is 53.9 Å². The zero-order valence-corrected chi connectivity index (χ0v) is 29.9. The maximum absolute atomic E-state index is 2.53. The summed E-state index contributed by atoms with van der Waals surface area (Å²) >= 11 is 0. The lowest BCUT2D eigenvalue weighted by atomic mass is 9.79. The molecule has 3 aliphatic carbocycles. The Morgan fingerprint density at radius 3 is 1.92 bits per heavy atom. The van der Waals surface area contributed by atoms with Gasteiger partial charge in [-0.2, -0.15) is 0 Å². The first-order valence-electron chi connectivity index (χ1n) is 18.7. The predicted molar refractivity (Wildman–Crippen MR) is 219 cm³/mol. The summed E-state index contributed by atoms with van der Waals surface area (Å²) in [6, 6.07) is 45.4. The molecule has 0 aromatic heterocycles. The van der Waals surface area contributed by atoms with Crippen molar-refractivity contribution in [2.75, 3.05) is 0 Å². The molecule has 9 aromatic rings. The molecule has 0 saturated carbocycles. The Hall–Kier alpha value is -5.46. The third-order valence-electron chi connectivity index (χ3n) is 13.1. The summed E-state index contributed by atoms with van der Waals surface area (Å²) in [4.78, 5) is 0. The van der Waals surface area contributed by atoms with E-state index in [4.69, 9.17) is 0 Å². The standard InChI is InChI=1S/C51H38/c1-50(2,3)32-22-29-11-10-27-12-17-33(36-21-16-30(23-32)45(29)46(27)36)34-18-15-31-24-42-39-25-41-35-8-6-7-9-43(35)51(4,5)44(41)26-40(39)38-20-14-28-13-19-37(34)47(31)48(28)49(38)42/h6-9,12-26H,10-11H2,1-5H3. The summed E-state index contributed by atoms with van der Waals surface area (Å²) < 4.78 is 0. The third-order valence-corrected chi connectivity index (χ3v) is 13.1. The summed E-state index contributed by atoms with van der Waals surface area (Å²) in [6.45, 7) is 11.8. The highest BCUT2D eigenvalue weighted by Crippen LogP contribution is 2.57. The van der Waals surface area contributed by atoms with E-state index in [1.165, 1.54) is 126 Å². The highest BCUT2D eigenvalue weighted by atomic mass is 14.4. The van der Waals surface area contributed by atoms with E-state index < -0.39 is 0 Å². The smallest absolute Gasteiger partial charge is 0.0159 e. The molecule has 0 bridgehead atoms. The van der Waals surface area contributed by atoms with Gasteiger partial charge in [-0.15, -0.1) is 0 Å². The van der Waals surface area contributed by atoms with Gasteiger partial charge in [0.25, 0.3) is 0 Å². The first-order chi connectivity index (χ1) is 24.7. The lowest BCUT2D eigenvalue weighted by Crippen LogP contribution is -2.14. The zero-order chi connectivity index (χ0) is 34.1. The minimum atomic E-state index is -0.0183. The Bertz CT molecular complexity index is 3070. The molecule has 0 radical (unpaired) electrons. The first-order valence-corrected chi connectivity index (χ1v) is 18.7. The van der Waals surface area contributed by atoms with Crippen LogP contribution in [-0.4, -0.2) is 0 Å². The van der Waals surface area contributed by atoms with Crippen LogP contribution in [0, 0.1) is 0 Å². The van der Waals surface area contributed by atoms with Gasteiger partial charge in [-0.1, -0.05) is 132 Å². The molecule has 0 atom stereocenters. The molecule has 0 amide bonds. The van der Waals surface area contributed by atoms with Gasteiger partial charge in [0.05, 0.1) is 0 Å². The van der Waals surface area contributed by atoms with Crippen LogP contribution in [0.2, 0.25) is 0 Å². The van der Waals surface area contributed by atoms with Gasteiger partial charge in [0.1, 0.15) is 0 Å². The van der Waals surface area contributed by atoms with Gasteiger partial charge < -0.3 is 0 Å². The number of aryl methyl sites for hydroxylation is 2. The van der Waals surface area contributed by atoms with Crippen molar-refractivity contribution in [3.05, 3.63) is 143 Å². The molecule has 3 aliphatic rings. The van der Waals surface area contributed by atoms with Gasteiger partial charge in [-0.3, -0.25) is 0 Å². The first kappa shape index (κ1) is 28.3. The maximum Gasteiger partial charge on any atom is 0.0159 e. The third kappa shape index (κ3) is 3.42. The second-order valence-electron chi connectivity index (χ2n) is 17.2. The van der Waals surface area contributed by atoms with Gasteiger partial charge in [0.2, 0.25) is 0 Å². The molecule has 0 nitrogen and oxygen atoms in total. The van der Waals surface area contributed by atoms with Crippen molar-refractivity contribution in [3.8, 4) is 44.5 Å². The van der Waals surface area contributed by atoms with Crippen LogP contribution in [0.1, 0.15) is 62.4 Å². The Kier molecular flexibility index (Phi) is 5.02. The molecule has 0 saturated heterocycles. The summed E-state index contributed by atoms with van der Waals surface area (Å²) in [7, 11) is 0. The summed E-state index contributed by atoms with van der Waals surface area (Å²) in [5.41, 5.74) is 18.4. The molecular formula is C51H38. The fourth-order valence-corrected chi connectivity index (χ4v) is 10.6. The second-order valence-corrected chi connectivity index (χ2v) is 17.2. The summed E-state index contributed by atoms with van der Waals surface area (Å²) in [5.74, 6) is 0. The second kappa shape index (κ2) is 9.06. The molecular weight excluding hydrogens is 613 g/mol. The van der Waals surface area contributed by atoms with Crippen molar-refractivity contribution in [2.45, 2.75) is 58.3 Å². The quantitative estimate of drug-likeness (QED) is 0.155. The number of hydrogen-bond acceptors (Lipinski definition) is 0. The number of benzene rings is 9. The molecule has 0 N–H and O–H groups in total. The molecule has 51 heavy (non-hydrogen) atoms.